The second kappa shape index (κ2) is 4.30. The average Bonchev–Trinajstić information content (AvgIpc) is 2.74. The van der Waals surface area contributed by atoms with Gasteiger partial charge in [-0.25, -0.2) is 0 Å². The highest BCUT2D eigenvalue weighted by molar-refractivity contribution is 5.84. The fourth-order valence-corrected chi connectivity index (χ4v) is 2.55. The minimum Gasteiger partial charge on any atom is -0.378 e. The summed E-state index contributed by atoms with van der Waals surface area (Å²) < 4.78 is 0. The van der Waals surface area contributed by atoms with Crippen LogP contribution in [-0.4, -0.2) is 28.2 Å². The second-order valence-electron chi connectivity index (χ2n) is 5.48. The lowest BCUT2D eigenvalue weighted by Gasteiger charge is -2.14. The zero-order valence-corrected chi connectivity index (χ0v) is 11.9. The molecule has 1 radical (unpaired) electrons. The molecule has 0 atom stereocenters. The highest BCUT2D eigenvalue weighted by Crippen LogP contribution is 2.40. The third kappa shape index (κ3) is 1.97. The van der Waals surface area contributed by atoms with Gasteiger partial charge in [-0.3, -0.25) is 0 Å². The van der Waals surface area contributed by atoms with E-state index in [9.17, 15) is 0 Å². The number of anilines is 2. The molecule has 1 aliphatic carbocycles. The summed E-state index contributed by atoms with van der Waals surface area (Å²) in [6.07, 6.45) is 2.28. The minimum atomic E-state index is 1.25. The van der Waals surface area contributed by atoms with Crippen LogP contribution >= 0.6 is 0 Å². The molecule has 0 saturated carbocycles. The average molecular weight is 251 g/mol. The third-order valence-electron chi connectivity index (χ3n) is 3.70. The Hall–Kier alpha value is -1.96. The molecule has 0 aromatic heterocycles. The zero-order chi connectivity index (χ0) is 13.6. The molecule has 0 amide bonds. The van der Waals surface area contributed by atoms with Crippen LogP contribution in [0.25, 0.3) is 11.1 Å². The van der Waals surface area contributed by atoms with Crippen molar-refractivity contribution in [2.24, 2.45) is 0 Å². The highest BCUT2D eigenvalue weighted by Gasteiger charge is 2.19. The lowest BCUT2D eigenvalue weighted by molar-refractivity contribution is 1.13. The molecule has 2 aromatic carbocycles. The fourth-order valence-electron chi connectivity index (χ4n) is 2.55. The maximum atomic E-state index is 2.28. The van der Waals surface area contributed by atoms with Crippen molar-refractivity contribution < 1.29 is 0 Å². The van der Waals surface area contributed by atoms with Crippen LogP contribution in [0.15, 0.2) is 36.4 Å². The molecule has 2 aromatic rings. The number of hydrogen-bond acceptors (Lipinski definition) is 2. The van der Waals surface area contributed by atoms with Gasteiger partial charge in [0.05, 0.1) is 0 Å². The summed E-state index contributed by atoms with van der Waals surface area (Å²) in [5.74, 6) is 0. The maximum Gasteiger partial charge on any atom is 0.0364 e. The molecule has 0 aliphatic heterocycles. The number of rotatable bonds is 2. The summed E-state index contributed by atoms with van der Waals surface area (Å²) in [5, 5.41) is 0. The van der Waals surface area contributed by atoms with Gasteiger partial charge in [0.15, 0.2) is 0 Å². The van der Waals surface area contributed by atoms with Crippen LogP contribution in [-0.2, 0) is 0 Å². The Morgan fingerprint density at radius 2 is 1.05 bits per heavy atom. The SMILES string of the molecule is CN(C)c1ccc2c(c1)[CH]c1cc(N(C)C)ccc1-2. The van der Waals surface area contributed by atoms with Crippen LogP contribution < -0.4 is 9.80 Å². The first-order valence-corrected chi connectivity index (χ1v) is 6.54. The van der Waals surface area contributed by atoms with Gasteiger partial charge < -0.3 is 9.80 Å². The Balaban J connectivity index is 2.05. The van der Waals surface area contributed by atoms with Crippen LogP contribution in [0.5, 0.6) is 0 Å². The van der Waals surface area contributed by atoms with E-state index in [4.69, 9.17) is 0 Å². The number of fused-ring (bicyclic) bond motifs is 3. The Bertz CT molecular complexity index is 572. The summed E-state index contributed by atoms with van der Waals surface area (Å²) in [7, 11) is 8.31. The van der Waals surface area contributed by atoms with E-state index in [1.165, 1.54) is 33.6 Å². The van der Waals surface area contributed by atoms with Gasteiger partial charge in [-0.15, -0.1) is 0 Å². The molecule has 1 aliphatic rings. The van der Waals surface area contributed by atoms with E-state index >= 15 is 0 Å². The zero-order valence-electron chi connectivity index (χ0n) is 11.9. The van der Waals surface area contributed by atoms with Gasteiger partial charge in [0.1, 0.15) is 0 Å². The van der Waals surface area contributed by atoms with Crippen molar-refractivity contribution in [3.63, 3.8) is 0 Å². The van der Waals surface area contributed by atoms with Gasteiger partial charge in [0.2, 0.25) is 0 Å². The van der Waals surface area contributed by atoms with Crippen molar-refractivity contribution >= 4 is 11.4 Å². The molecule has 0 bridgehead atoms. The molecular formula is C17H19N2. The van der Waals surface area contributed by atoms with Crippen molar-refractivity contribution in [1.82, 2.24) is 0 Å². The quantitative estimate of drug-likeness (QED) is 0.689. The Morgan fingerprint density at radius 3 is 1.42 bits per heavy atom. The summed E-state index contributed by atoms with van der Waals surface area (Å²) >= 11 is 0. The van der Waals surface area contributed by atoms with Gasteiger partial charge in [0, 0.05) is 46.0 Å². The third-order valence-corrected chi connectivity index (χ3v) is 3.70. The predicted molar refractivity (Wildman–Crippen MR) is 83.0 cm³/mol. The normalized spacial score (nSPS) is 12.0. The molecule has 97 valence electrons. The van der Waals surface area contributed by atoms with E-state index in [2.05, 4.69) is 80.8 Å². The molecule has 0 fully saturated rings. The molecule has 0 spiro atoms. The van der Waals surface area contributed by atoms with Gasteiger partial charge in [-0.1, -0.05) is 12.1 Å². The Morgan fingerprint density at radius 1 is 0.632 bits per heavy atom. The van der Waals surface area contributed by atoms with Crippen molar-refractivity contribution in [3.8, 4) is 11.1 Å². The summed E-state index contributed by atoms with van der Waals surface area (Å²) in [6.45, 7) is 0. The van der Waals surface area contributed by atoms with E-state index in [1.54, 1.807) is 0 Å². The smallest absolute Gasteiger partial charge is 0.0364 e. The molecule has 3 rings (SSSR count). The lowest BCUT2D eigenvalue weighted by atomic mass is 10.0. The number of benzene rings is 2. The van der Waals surface area contributed by atoms with E-state index in [0.29, 0.717) is 0 Å². The van der Waals surface area contributed by atoms with Crippen LogP contribution in [0.4, 0.5) is 11.4 Å². The molecule has 2 nitrogen and oxygen atoms in total. The first kappa shape index (κ1) is 12.1. The molecule has 0 heterocycles. The lowest BCUT2D eigenvalue weighted by Crippen LogP contribution is -2.08. The molecule has 0 unspecified atom stereocenters. The Labute approximate surface area is 115 Å². The van der Waals surface area contributed by atoms with E-state index in [1.807, 2.05) is 0 Å². The molecule has 2 heteroatoms. The fraction of sp³-hybridized carbons (Fsp3) is 0.235. The summed E-state index contributed by atoms with van der Waals surface area (Å²) in [6, 6.07) is 13.3. The van der Waals surface area contributed by atoms with Gasteiger partial charge in [0.25, 0.3) is 0 Å². The first-order valence-electron chi connectivity index (χ1n) is 6.54. The predicted octanol–water partition coefficient (Wildman–Crippen LogP) is 3.40. The topological polar surface area (TPSA) is 6.48 Å². The van der Waals surface area contributed by atoms with Gasteiger partial charge >= 0.3 is 0 Å². The monoisotopic (exact) mass is 251 g/mol. The molecule has 19 heavy (non-hydrogen) atoms. The van der Waals surface area contributed by atoms with E-state index < -0.39 is 0 Å². The molecule has 0 N–H and O–H groups in total. The van der Waals surface area contributed by atoms with Crippen LogP contribution in [0.3, 0.4) is 0 Å². The summed E-state index contributed by atoms with van der Waals surface area (Å²) in [5.41, 5.74) is 7.80. The number of hydrogen-bond donors (Lipinski definition) is 0. The largest absolute Gasteiger partial charge is 0.378 e. The van der Waals surface area contributed by atoms with E-state index in [0.717, 1.165) is 0 Å². The van der Waals surface area contributed by atoms with Crippen LogP contribution in [0, 0.1) is 6.42 Å². The Kier molecular flexibility index (Phi) is 2.74. The van der Waals surface area contributed by atoms with Crippen molar-refractivity contribution in [3.05, 3.63) is 53.9 Å². The second-order valence-corrected chi connectivity index (χ2v) is 5.48. The van der Waals surface area contributed by atoms with Crippen molar-refractivity contribution in [2.45, 2.75) is 0 Å². The number of nitrogens with zero attached hydrogens (tertiary/aromatic N) is 2. The van der Waals surface area contributed by atoms with Crippen LogP contribution in [0.2, 0.25) is 0 Å². The molecular weight excluding hydrogens is 232 g/mol. The van der Waals surface area contributed by atoms with Gasteiger partial charge in [-0.05, 0) is 46.5 Å². The van der Waals surface area contributed by atoms with Crippen molar-refractivity contribution in [1.29, 1.82) is 0 Å². The standard InChI is InChI=1S/C17H19N2/c1-18(2)14-5-7-16-12(10-14)9-13-11-15(19(3)4)6-8-17(13)16/h5-11H,1-4H3. The molecule has 0 saturated heterocycles. The highest BCUT2D eigenvalue weighted by atomic mass is 15.1. The summed E-state index contributed by atoms with van der Waals surface area (Å²) in [4.78, 5) is 4.28. The maximum absolute atomic E-state index is 2.28. The van der Waals surface area contributed by atoms with E-state index in [-0.39, 0.29) is 0 Å². The van der Waals surface area contributed by atoms with Crippen LogP contribution in [0.1, 0.15) is 11.1 Å². The van der Waals surface area contributed by atoms with Crippen molar-refractivity contribution in [2.75, 3.05) is 38.0 Å². The van der Waals surface area contributed by atoms with Gasteiger partial charge in [-0.2, -0.15) is 0 Å². The first-order chi connectivity index (χ1) is 9.06. The minimum absolute atomic E-state index is 1.25.